The van der Waals surface area contributed by atoms with Crippen LogP contribution in [0, 0.1) is 28.8 Å². The average Bonchev–Trinajstić information content (AvgIpc) is 3.11. The van der Waals surface area contributed by atoms with E-state index in [1.165, 1.54) is 24.4 Å². The van der Waals surface area contributed by atoms with Gasteiger partial charge in [-0.3, -0.25) is 4.79 Å². The smallest absolute Gasteiger partial charge is 0.307 e. The first-order valence-corrected chi connectivity index (χ1v) is 7.94. The van der Waals surface area contributed by atoms with Crippen LogP contribution in [0.1, 0.15) is 16.7 Å². The molecule has 1 aromatic heterocycles. The molecular weight excluding hydrogens is 375 g/mol. The maximum absolute atomic E-state index is 14.2. The van der Waals surface area contributed by atoms with Crippen LogP contribution in [0.4, 0.5) is 13.2 Å². The number of hydrogen-bond acceptors (Lipinski definition) is 4. The third kappa shape index (κ3) is 4.12. The van der Waals surface area contributed by atoms with E-state index in [0.29, 0.717) is 0 Å². The molecule has 2 aromatic carbocycles. The molecule has 0 unspecified atom stereocenters. The lowest BCUT2D eigenvalue weighted by Gasteiger charge is -2.07. The number of nitrogens with zero attached hydrogens (tertiary/aromatic N) is 3. The summed E-state index contributed by atoms with van der Waals surface area (Å²) in [6.07, 6.45) is 0.672. The fraction of sp³-hybridized carbons (Fsp3) is 0.105. The van der Waals surface area contributed by atoms with Crippen molar-refractivity contribution in [3.63, 3.8) is 0 Å². The standard InChI is InChI=1S/C19H12F3N3O3/c20-14-5-11(9-23)1-2-12(14)10-28-18-3-4-25(24-18)17-8-15(21)13(6-16(17)22)7-19(26)27/h1-6,8H,7,10H2,(H,26,27). The Balaban J connectivity index is 1.76. The fourth-order valence-electron chi connectivity index (χ4n) is 2.46. The maximum atomic E-state index is 14.2. The molecule has 1 heterocycles. The first-order valence-electron chi connectivity index (χ1n) is 7.94. The molecule has 3 aromatic rings. The molecule has 0 spiro atoms. The molecule has 1 N–H and O–H groups in total. The van der Waals surface area contributed by atoms with E-state index in [-0.39, 0.29) is 34.9 Å². The SMILES string of the molecule is N#Cc1ccc(COc2ccn(-c3cc(F)c(CC(=O)O)cc3F)n2)c(F)c1. The van der Waals surface area contributed by atoms with Crippen molar-refractivity contribution in [1.82, 2.24) is 9.78 Å². The van der Waals surface area contributed by atoms with Crippen LogP contribution in [0.25, 0.3) is 5.69 Å². The molecule has 3 rings (SSSR count). The molecule has 0 bridgehead atoms. The highest BCUT2D eigenvalue weighted by Gasteiger charge is 2.15. The van der Waals surface area contributed by atoms with Crippen LogP contribution in [-0.2, 0) is 17.8 Å². The zero-order chi connectivity index (χ0) is 20.3. The second kappa shape index (κ2) is 7.84. The molecule has 0 amide bonds. The van der Waals surface area contributed by atoms with Gasteiger partial charge in [-0.1, -0.05) is 6.07 Å². The van der Waals surface area contributed by atoms with Crippen LogP contribution in [0.5, 0.6) is 5.88 Å². The normalized spacial score (nSPS) is 10.5. The van der Waals surface area contributed by atoms with Gasteiger partial charge in [-0.25, -0.2) is 17.9 Å². The van der Waals surface area contributed by atoms with Crippen LogP contribution in [0.2, 0.25) is 0 Å². The first kappa shape index (κ1) is 19.0. The molecule has 6 nitrogen and oxygen atoms in total. The predicted octanol–water partition coefficient (Wildman–Crippen LogP) is 3.37. The number of aromatic nitrogens is 2. The highest BCUT2D eigenvalue weighted by atomic mass is 19.1. The highest BCUT2D eigenvalue weighted by molar-refractivity contribution is 5.70. The van der Waals surface area contributed by atoms with E-state index < -0.39 is 29.8 Å². The summed E-state index contributed by atoms with van der Waals surface area (Å²) in [5, 5.41) is 21.4. The van der Waals surface area contributed by atoms with Crippen molar-refractivity contribution in [2.75, 3.05) is 0 Å². The van der Waals surface area contributed by atoms with Crippen molar-refractivity contribution < 1.29 is 27.8 Å². The Hall–Kier alpha value is -3.80. The number of carboxylic acids is 1. The quantitative estimate of drug-likeness (QED) is 0.701. The van der Waals surface area contributed by atoms with E-state index in [9.17, 15) is 18.0 Å². The number of carboxylic acid groups (broad SMARTS) is 1. The molecule has 9 heteroatoms. The van der Waals surface area contributed by atoms with E-state index >= 15 is 0 Å². The Labute approximate surface area is 157 Å². The number of aliphatic carboxylic acids is 1. The molecule has 0 radical (unpaired) electrons. The lowest BCUT2D eigenvalue weighted by Crippen LogP contribution is -2.07. The van der Waals surface area contributed by atoms with Gasteiger partial charge in [0, 0.05) is 29.5 Å². The van der Waals surface area contributed by atoms with Crippen LogP contribution in [0.15, 0.2) is 42.6 Å². The summed E-state index contributed by atoms with van der Waals surface area (Å²) in [6, 6.07) is 8.76. The largest absolute Gasteiger partial charge is 0.481 e. The summed E-state index contributed by atoms with van der Waals surface area (Å²) in [5.41, 5.74) is -0.141. The number of halogens is 3. The van der Waals surface area contributed by atoms with Gasteiger partial charge in [-0.05, 0) is 18.2 Å². The Morgan fingerprint density at radius 3 is 2.54 bits per heavy atom. The Kier molecular flexibility index (Phi) is 5.31. The first-order chi connectivity index (χ1) is 13.4. The van der Waals surface area contributed by atoms with Crippen molar-refractivity contribution >= 4 is 5.97 Å². The number of hydrogen-bond donors (Lipinski definition) is 1. The summed E-state index contributed by atoms with van der Waals surface area (Å²) in [6.45, 7) is -0.178. The van der Waals surface area contributed by atoms with Gasteiger partial charge in [0.1, 0.15) is 29.7 Å². The average molecular weight is 387 g/mol. The maximum Gasteiger partial charge on any atom is 0.307 e. The number of carbonyl (C=O) groups is 1. The van der Waals surface area contributed by atoms with Gasteiger partial charge >= 0.3 is 5.97 Å². The minimum Gasteiger partial charge on any atom is -0.481 e. The Bertz CT molecular complexity index is 1090. The highest BCUT2D eigenvalue weighted by Crippen LogP contribution is 2.21. The second-order valence-corrected chi connectivity index (χ2v) is 5.77. The second-order valence-electron chi connectivity index (χ2n) is 5.77. The van der Waals surface area contributed by atoms with Gasteiger partial charge in [0.2, 0.25) is 5.88 Å². The summed E-state index contributed by atoms with van der Waals surface area (Å²) in [4.78, 5) is 10.7. The van der Waals surface area contributed by atoms with E-state index in [1.807, 2.05) is 6.07 Å². The molecule has 0 fully saturated rings. The minimum absolute atomic E-state index is 0.0400. The van der Waals surface area contributed by atoms with Gasteiger partial charge in [-0.2, -0.15) is 5.26 Å². The van der Waals surface area contributed by atoms with Crippen LogP contribution in [-0.4, -0.2) is 20.9 Å². The lowest BCUT2D eigenvalue weighted by molar-refractivity contribution is -0.136. The lowest BCUT2D eigenvalue weighted by atomic mass is 10.1. The molecule has 0 saturated heterocycles. The van der Waals surface area contributed by atoms with Crippen molar-refractivity contribution in [3.8, 4) is 17.6 Å². The molecule has 0 atom stereocenters. The molecule has 0 saturated carbocycles. The minimum atomic E-state index is -1.28. The van der Waals surface area contributed by atoms with Gasteiger partial charge in [0.15, 0.2) is 0 Å². The van der Waals surface area contributed by atoms with E-state index in [0.717, 1.165) is 22.9 Å². The predicted molar refractivity (Wildman–Crippen MR) is 90.3 cm³/mol. The monoisotopic (exact) mass is 387 g/mol. The summed E-state index contributed by atoms with van der Waals surface area (Å²) in [7, 11) is 0. The number of ether oxygens (including phenoxy) is 1. The molecule has 142 valence electrons. The Morgan fingerprint density at radius 2 is 1.86 bits per heavy atom. The molecular formula is C19H12F3N3O3. The van der Waals surface area contributed by atoms with Crippen molar-refractivity contribution in [3.05, 3.63) is 76.7 Å². The molecule has 0 aliphatic rings. The van der Waals surface area contributed by atoms with Gasteiger partial charge < -0.3 is 9.84 Å². The number of rotatable bonds is 6. The van der Waals surface area contributed by atoms with Crippen molar-refractivity contribution in [1.29, 1.82) is 5.26 Å². The molecule has 0 aliphatic carbocycles. The van der Waals surface area contributed by atoms with E-state index in [1.54, 1.807) is 0 Å². The van der Waals surface area contributed by atoms with Gasteiger partial charge in [-0.15, -0.1) is 5.10 Å². The van der Waals surface area contributed by atoms with Crippen LogP contribution < -0.4 is 4.74 Å². The number of nitriles is 1. The summed E-state index contributed by atoms with van der Waals surface area (Å²) >= 11 is 0. The third-order valence-electron chi connectivity index (χ3n) is 3.83. The van der Waals surface area contributed by atoms with Crippen LogP contribution >= 0.6 is 0 Å². The van der Waals surface area contributed by atoms with Gasteiger partial charge in [0.25, 0.3) is 0 Å². The zero-order valence-electron chi connectivity index (χ0n) is 14.2. The Morgan fingerprint density at radius 1 is 1.11 bits per heavy atom. The molecule has 28 heavy (non-hydrogen) atoms. The summed E-state index contributed by atoms with van der Waals surface area (Å²) in [5.74, 6) is -3.59. The van der Waals surface area contributed by atoms with E-state index in [4.69, 9.17) is 15.1 Å². The van der Waals surface area contributed by atoms with Crippen molar-refractivity contribution in [2.24, 2.45) is 0 Å². The zero-order valence-corrected chi connectivity index (χ0v) is 14.2. The third-order valence-corrected chi connectivity index (χ3v) is 3.83. The fourth-order valence-corrected chi connectivity index (χ4v) is 2.46. The molecule has 0 aliphatic heterocycles. The summed E-state index contributed by atoms with van der Waals surface area (Å²) < 4.78 is 48.4. The van der Waals surface area contributed by atoms with Gasteiger partial charge in [0.05, 0.1) is 18.1 Å². The van der Waals surface area contributed by atoms with Crippen molar-refractivity contribution in [2.45, 2.75) is 13.0 Å². The topological polar surface area (TPSA) is 88.1 Å². The van der Waals surface area contributed by atoms with Crippen LogP contribution in [0.3, 0.4) is 0 Å². The van der Waals surface area contributed by atoms with E-state index in [2.05, 4.69) is 5.10 Å². The number of benzene rings is 2.